The highest BCUT2D eigenvalue weighted by Crippen LogP contribution is 2.15. The van der Waals surface area contributed by atoms with E-state index >= 15 is 0 Å². The quantitative estimate of drug-likeness (QED) is 0.204. The number of carbonyl (C=O) groups is 2. The molecule has 1 heterocycles. The number of rotatable bonds is 15. The number of aryl methyl sites for hydroxylation is 2. The van der Waals surface area contributed by atoms with Crippen molar-refractivity contribution in [2.24, 2.45) is 5.73 Å². The van der Waals surface area contributed by atoms with Crippen LogP contribution in [0.4, 0.5) is 8.78 Å². The van der Waals surface area contributed by atoms with Crippen LogP contribution in [0, 0.1) is 25.5 Å². The van der Waals surface area contributed by atoms with Gasteiger partial charge in [-0.15, -0.1) is 0 Å². The summed E-state index contributed by atoms with van der Waals surface area (Å²) in [6.07, 6.45) is -0.444. The van der Waals surface area contributed by atoms with Gasteiger partial charge in [0, 0.05) is 30.9 Å². The zero-order valence-electron chi connectivity index (χ0n) is 24.5. The highest BCUT2D eigenvalue weighted by Gasteiger charge is 2.33. The fraction of sp³-hybridized carbons (Fsp3) is 0.433. The number of nitrogens with two attached hydrogens (primary N) is 1. The molecule has 2 amide bonds. The maximum Gasteiger partial charge on any atom is 0.272 e. The molecule has 0 fully saturated rings. The van der Waals surface area contributed by atoms with E-state index in [1.807, 2.05) is 26.0 Å². The minimum Gasteiger partial charge on any atom is -0.390 e. The summed E-state index contributed by atoms with van der Waals surface area (Å²) in [6.45, 7) is 5.03. The lowest BCUT2D eigenvalue weighted by molar-refractivity contribution is -0.135. The fourth-order valence-electron chi connectivity index (χ4n) is 4.62. The number of hydrogen-bond acceptors (Lipinski definition) is 7. The average molecular weight is 620 g/mol. The highest BCUT2D eigenvalue weighted by atomic mass is 32.2. The van der Waals surface area contributed by atoms with Gasteiger partial charge in [-0.2, -0.15) is 5.10 Å². The number of unbranched alkanes of at least 4 members (excludes halogenated alkanes) is 1. The molecule has 13 heteroatoms. The zero-order valence-corrected chi connectivity index (χ0v) is 25.3. The number of nitrogens with zero attached hydrogens (tertiary/aromatic N) is 2. The number of carbonyl (C=O) groups excluding carboxylic acids is 2. The first-order chi connectivity index (χ1) is 20.3. The fourth-order valence-corrected chi connectivity index (χ4v) is 6.25. The van der Waals surface area contributed by atoms with Gasteiger partial charge in [-0.1, -0.05) is 43.2 Å². The summed E-state index contributed by atoms with van der Waals surface area (Å²) >= 11 is 0. The second-order valence-electron chi connectivity index (χ2n) is 10.9. The minimum atomic E-state index is -3.77. The Hall–Kier alpha value is -3.68. The summed E-state index contributed by atoms with van der Waals surface area (Å²) in [6, 6.07) is 9.15. The van der Waals surface area contributed by atoms with Crippen molar-refractivity contribution < 1.29 is 31.9 Å². The van der Waals surface area contributed by atoms with Crippen LogP contribution in [0.25, 0.3) is 0 Å². The lowest BCUT2D eigenvalue weighted by Gasteiger charge is -2.31. The Kier molecular flexibility index (Phi) is 11.9. The van der Waals surface area contributed by atoms with E-state index in [2.05, 4.69) is 15.5 Å². The molecule has 0 spiro atoms. The molecule has 5 N–H and O–H groups in total. The van der Waals surface area contributed by atoms with Crippen molar-refractivity contribution in [1.82, 2.24) is 20.4 Å². The van der Waals surface area contributed by atoms with Gasteiger partial charge in [-0.3, -0.25) is 14.7 Å². The monoisotopic (exact) mass is 619 g/mol. The summed E-state index contributed by atoms with van der Waals surface area (Å²) in [7, 11) is -3.77. The van der Waals surface area contributed by atoms with E-state index in [4.69, 9.17) is 5.73 Å². The molecule has 0 saturated carbocycles. The lowest BCUT2D eigenvalue weighted by Crippen LogP contribution is -2.54. The van der Waals surface area contributed by atoms with Crippen LogP contribution < -0.4 is 11.1 Å². The molecular formula is C30H39F2N5O5S. The van der Waals surface area contributed by atoms with E-state index in [9.17, 15) is 31.9 Å². The van der Waals surface area contributed by atoms with Gasteiger partial charge in [0.2, 0.25) is 5.91 Å². The summed E-state index contributed by atoms with van der Waals surface area (Å²) in [5.41, 5.74) is 8.61. The first-order valence-electron chi connectivity index (χ1n) is 14.0. The Morgan fingerprint density at radius 3 is 2.40 bits per heavy atom. The first-order valence-corrected chi connectivity index (χ1v) is 15.8. The van der Waals surface area contributed by atoms with Crippen LogP contribution in [-0.2, 0) is 27.6 Å². The van der Waals surface area contributed by atoms with Crippen molar-refractivity contribution in [3.05, 3.63) is 88.2 Å². The van der Waals surface area contributed by atoms with Crippen LogP contribution in [0.15, 0.2) is 48.5 Å². The second-order valence-corrected chi connectivity index (χ2v) is 13.1. The Bertz CT molecular complexity index is 1490. The third-order valence-electron chi connectivity index (χ3n) is 6.83. The number of benzene rings is 2. The molecule has 0 aliphatic heterocycles. The summed E-state index contributed by atoms with van der Waals surface area (Å²) < 4.78 is 53.4. The predicted molar refractivity (Wildman–Crippen MR) is 159 cm³/mol. The van der Waals surface area contributed by atoms with Crippen LogP contribution in [0.5, 0.6) is 0 Å². The number of halogens is 2. The Balaban J connectivity index is 1.91. The normalized spacial score (nSPS) is 13.7. The van der Waals surface area contributed by atoms with Gasteiger partial charge in [-0.05, 0) is 56.0 Å². The molecule has 10 nitrogen and oxygen atoms in total. The largest absolute Gasteiger partial charge is 0.390 e. The second kappa shape index (κ2) is 15.2. The van der Waals surface area contributed by atoms with Crippen LogP contribution >= 0.6 is 0 Å². The molecule has 2 aromatic carbocycles. The molecule has 0 aliphatic rings. The molecule has 0 saturated heterocycles. The number of aromatic amines is 1. The number of aliphatic hydroxyl groups is 1. The Morgan fingerprint density at radius 2 is 1.79 bits per heavy atom. The number of sulfone groups is 1. The SMILES string of the molecule is CCCCS(=O)(=O)C[C@@H](NC(=O)c1cc(C)[nH]n1)C(=O)N(Cc1cccc(C)c1)C[C@@H](O)[C@@H](N)Cc1cc(F)cc(F)c1. The first kappa shape index (κ1) is 33.8. The maximum absolute atomic E-state index is 14.0. The predicted octanol–water partition coefficient (Wildman–Crippen LogP) is 2.58. The number of hydrogen-bond donors (Lipinski definition) is 4. The third-order valence-corrected chi connectivity index (χ3v) is 8.59. The number of aliphatic hydroxyl groups excluding tert-OH is 1. The minimum absolute atomic E-state index is 0.0177. The van der Waals surface area contributed by atoms with Crippen molar-refractivity contribution >= 4 is 21.7 Å². The molecule has 0 bridgehead atoms. The molecule has 0 radical (unpaired) electrons. The molecule has 1 aromatic heterocycles. The summed E-state index contributed by atoms with van der Waals surface area (Å²) in [5.74, 6) is -3.89. The lowest BCUT2D eigenvalue weighted by atomic mass is 10.0. The molecule has 234 valence electrons. The summed E-state index contributed by atoms with van der Waals surface area (Å²) in [4.78, 5) is 28.3. The Morgan fingerprint density at radius 1 is 1.09 bits per heavy atom. The average Bonchev–Trinajstić information content (AvgIpc) is 3.36. The van der Waals surface area contributed by atoms with E-state index in [-0.39, 0.29) is 36.5 Å². The molecule has 43 heavy (non-hydrogen) atoms. The van der Waals surface area contributed by atoms with E-state index in [0.29, 0.717) is 24.1 Å². The zero-order chi connectivity index (χ0) is 31.7. The van der Waals surface area contributed by atoms with E-state index in [1.165, 1.54) is 11.0 Å². The van der Waals surface area contributed by atoms with Gasteiger partial charge in [0.15, 0.2) is 9.84 Å². The van der Waals surface area contributed by atoms with E-state index < -0.39 is 57.2 Å². The van der Waals surface area contributed by atoms with Gasteiger partial charge in [0.25, 0.3) is 5.91 Å². The molecule has 3 aromatic rings. The van der Waals surface area contributed by atoms with Gasteiger partial charge in [0.05, 0.1) is 17.6 Å². The standard InChI is InChI=1S/C30H39F2N5O5S/c1-4-5-9-43(41,42)18-27(34-29(39)26-11-20(3)35-36-26)30(40)37(16-21-8-6-7-19(2)10-21)17-28(38)25(33)14-22-12-23(31)15-24(32)13-22/h6-8,10-13,15,25,27-28,38H,4-5,9,14,16-18,33H2,1-3H3,(H,34,39)(H,35,36)/t25-,27+,28+/m0/s1. The molecule has 0 unspecified atom stereocenters. The van der Waals surface area contributed by atoms with Crippen molar-refractivity contribution in [3.8, 4) is 0 Å². The van der Waals surface area contributed by atoms with Crippen LogP contribution in [0.2, 0.25) is 0 Å². The molecule has 0 aliphatic carbocycles. The van der Waals surface area contributed by atoms with E-state index in [1.54, 1.807) is 19.1 Å². The molecule has 3 rings (SSSR count). The number of amides is 2. The van der Waals surface area contributed by atoms with Crippen LogP contribution in [0.1, 0.15) is 52.6 Å². The smallest absolute Gasteiger partial charge is 0.272 e. The van der Waals surface area contributed by atoms with Gasteiger partial charge in [0.1, 0.15) is 23.4 Å². The van der Waals surface area contributed by atoms with Crippen LogP contribution in [-0.4, -0.2) is 76.7 Å². The summed E-state index contributed by atoms with van der Waals surface area (Å²) in [5, 5.41) is 20.1. The molecular weight excluding hydrogens is 580 g/mol. The third kappa shape index (κ3) is 10.5. The van der Waals surface area contributed by atoms with Crippen molar-refractivity contribution in [2.75, 3.05) is 18.1 Å². The van der Waals surface area contributed by atoms with Crippen molar-refractivity contribution in [2.45, 2.75) is 64.8 Å². The highest BCUT2D eigenvalue weighted by molar-refractivity contribution is 7.91. The number of nitrogens with one attached hydrogen (secondary N) is 2. The Labute approximate surface area is 250 Å². The van der Waals surface area contributed by atoms with Crippen molar-refractivity contribution in [3.63, 3.8) is 0 Å². The maximum atomic E-state index is 14.0. The molecule has 3 atom stereocenters. The number of aromatic nitrogens is 2. The van der Waals surface area contributed by atoms with Crippen LogP contribution in [0.3, 0.4) is 0 Å². The van der Waals surface area contributed by atoms with Crippen molar-refractivity contribution in [1.29, 1.82) is 0 Å². The topological polar surface area (TPSA) is 158 Å². The van der Waals surface area contributed by atoms with Gasteiger partial charge >= 0.3 is 0 Å². The van der Waals surface area contributed by atoms with Gasteiger partial charge in [-0.25, -0.2) is 17.2 Å². The number of H-pyrrole nitrogens is 1. The van der Waals surface area contributed by atoms with E-state index in [0.717, 1.165) is 23.8 Å². The van der Waals surface area contributed by atoms with Gasteiger partial charge < -0.3 is 21.1 Å².